The minimum atomic E-state index is 0.0332. The Morgan fingerprint density at radius 2 is 1.74 bits per heavy atom. The van der Waals surface area contributed by atoms with Crippen molar-refractivity contribution in [3.05, 3.63) is 59.2 Å². The van der Waals surface area contributed by atoms with Gasteiger partial charge >= 0.3 is 0 Å². The number of amides is 1. The van der Waals surface area contributed by atoms with Crippen LogP contribution in [0.25, 0.3) is 0 Å². The molecular weight excluding hydrogens is 284 g/mol. The van der Waals surface area contributed by atoms with Crippen molar-refractivity contribution in [3.63, 3.8) is 0 Å². The lowest BCUT2D eigenvalue weighted by Gasteiger charge is -2.19. The first kappa shape index (κ1) is 15.6. The number of rotatable bonds is 4. The number of carbonyl (C=O) groups is 1. The second-order valence-electron chi connectivity index (χ2n) is 6.40. The van der Waals surface area contributed by atoms with E-state index in [1.165, 1.54) is 24.1 Å². The largest absolute Gasteiger partial charge is 0.372 e. The molecule has 0 bridgehead atoms. The third-order valence-corrected chi connectivity index (χ3v) is 4.44. The topological polar surface area (TPSA) is 32.3 Å². The standard InChI is InChI=1S/C20H24N2O/c1-15-5-7-17(8-6-15)14-20(23)21-19-10-9-18(13-16(19)2)22-11-3-4-12-22/h5-10,13H,3-4,11-12,14H2,1-2H3,(H,21,23). The highest BCUT2D eigenvalue weighted by atomic mass is 16.1. The summed E-state index contributed by atoms with van der Waals surface area (Å²) >= 11 is 0. The first-order valence-electron chi connectivity index (χ1n) is 8.33. The summed E-state index contributed by atoms with van der Waals surface area (Å²) < 4.78 is 0. The van der Waals surface area contributed by atoms with Crippen LogP contribution in [-0.2, 0) is 11.2 Å². The molecule has 1 N–H and O–H groups in total. The fraction of sp³-hybridized carbons (Fsp3) is 0.350. The van der Waals surface area contributed by atoms with Gasteiger partial charge in [0.15, 0.2) is 0 Å². The maximum Gasteiger partial charge on any atom is 0.228 e. The summed E-state index contributed by atoms with van der Waals surface area (Å²) in [6.45, 7) is 6.38. The van der Waals surface area contributed by atoms with Crippen LogP contribution in [0.4, 0.5) is 11.4 Å². The Kier molecular flexibility index (Phi) is 4.65. The van der Waals surface area contributed by atoms with Crippen LogP contribution in [0.1, 0.15) is 29.5 Å². The SMILES string of the molecule is Cc1ccc(CC(=O)Nc2ccc(N3CCCC3)cc2C)cc1. The summed E-state index contributed by atoms with van der Waals surface area (Å²) in [4.78, 5) is 14.6. The Labute approximate surface area is 138 Å². The molecule has 1 aliphatic rings. The highest BCUT2D eigenvalue weighted by molar-refractivity contribution is 5.93. The molecule has 1 heterocycles. The van der Waals surface area contributed by atoms with Gasteiger partial charge in [0.1, 0.15) is 0 Å². The van der Waals surface area contributed by atoms with Crippen LogP contribution in [0.15, 0.2) is 42.5 Å². The molecule has 0 saturated carbocycles. The van der Waals surface area contributed by atoms with Gasteiger partial charge in [-0.25, -0.2) is 0 Å². The molecule has 23 heavy (non-hydrogen) atoms. The fourth-order valence-corrected chi connectivity index (χ4v) is 3.05. The summed E-state index contributed by atoms with van der Waals surface area (Å²) in [5, 5.41) is 3.03. The lowest BCUT2D eigenvalue weighted by Crippen LogP contribution is -2.18. The van der Waals surface area contributed by atoms with E-state index in [-0.39, 0.29) is 5.91 Å². The molecule has 0 aromatic heterocycles. The minimum Gasteiger partial charge on any atom is -0.372 e. The molecule has 1 aliphatic heterocycles. The van der Waals surface area contributed by atoms with Crippen molar-refractivity contribution >= 4 is 17.3 Å². The summed E-state index contributed by atoms with van der Waals surface area (Å²) in [5.41, 5.74) is 5.54. The third-order valence-electron chi connectivity index (χ3n) is 4.44. The minimum absolute atomic E-state index is 0.0332. The monoisotopic (exact) mass is 308 g/mol. The van der Waals surface area contributed by atoms with E-state index in [1.54, 1.807) is 0 Å². The maximum atomic E-state index is 12.2. The number of nitrogens with zero attached hydrogens (tertiary/aromatic N) is 1. The van der Waals surface area contributed by atoms with Crippen LogP contribution in [0, 0.1) is 13.8 Å². The summed E-state index contributed by atoms with van der Waals surface area (Å²) in [5.74, 6) is 0.0332. The van der Waals surface area contributed by atoms with Gasteiger partial charge in [-0.15, -0.1) is 0 Å². The Bertz CT molecular complexity index is 685. The Hall–Kier alpha value is -2.29. The third kappa shape index (κ3) is 3.92. The average molecular weight is 308 g/mol. The van der Waals surface area contributed by atoms with Gasteiger partial charge in [0.2, 0.25) is 5.91 Å². The number of anilines is 2. The van der Waals surface area contributed by atoms with E-state index in [4.69, 9.17) is 0 Å². The molecule has 0 unspecified atom stereocenters. The Morgan fingerprint density at radius 3 is 2.39 bits per heavy atom. The van der Waals surface area contributed by atoms with E-state index < -0.39 is 0 Å². The first-order chi connectivity index (χ1) is 11.1. The summed E-state index contributed by atoms with van der Waals surface area (Å²) in [6, 6.07) is 14.4. The lowest BCUT2D eigenvalue weighted by atomic mass is 10.1. The van der Waals surface area contributed by atoms with E-state index >= 15 is 0 Å². The van der Waals surface area contributed by atoms with Crippen molar-refractivity contribution in [1.29, 1.82) is 0 Å². The van der Waals surface area contributed by atoms with E-state index in [2.05, 4.69) is 36.2 Å². The zero-order valence-corrected chi connectivity index (χ0v) is 13.9. The molecule has 2 aromatic carbocycles. The van der Waals surface area contributed by atoms with Gasteiger partial charge in [-0.05, 0) is 56.0 Å². The van der Waals surface area contributed by atoms with Gasteiger partial charge in [0.25, 0.3) is 0 Å². The molecule has 0 spiro atoms. The van der Waals surface area contributed by atoms with Gasteiger partial charge in [0, 0.05) is 24.5 Å². The van der Waals surface area contributed by atoms with E-state index in [0.29, 0.717) is 6.42 Å². The van der Waals surface area contributed by atoms with Crippen LogP contribution < -0.4 is 10.2 Å². The molecule has 120 valence electrons. The van der Waals surface area contributed by atoms with Crippen LogP contribution in [-0.4, -0.2) is 19.0 Å². The zero-order valence-electron chi connectivity index (χ0n) is 13.9. The highest BCUT2D eigenvalue weighted by Gasteiger charge is 2.13. The van der Waals surface area contributed by atoms with Crippen LogP contribution in [0.2, 0.25) is 0 Å². The second-order valence-corrected chi connectivity index (χ2v) is 6.40. The molecule has 0 radical (unpaired) electrons. The first-order valence-corrected chi connectivity index (χ1v) is 8.33. The van der Waals surface area contributed by atoms with Crippen molar-refractivity contribution in [3.8, 4) is 0 Å². The molecule has 3 heteroatoms. The van der Waals surface area contributed by atoms with Crippen molar-refractivity contribution < 1.29 is 4.79 Å². The summed E-state index contributed by atoms with van der Waals surface area (Å²) in [7, 11) is 0. The number of hydrogen-bond acceptors (Lipinski definition) is 2. The second kappa shape index (κ2) is 6.86. The molecule has 1 fully saturated rings. The molecule has 3 rings (SSSR count). The molecule has 3 nitrogen and oxygen atoms in total. The molecule has 2 aromatic rings. The molecule has 0 aliphatic carbocycles. The molecule has 0 atom stereocenters. The van der Waals surface area contributed by atoms with Crippen LogP contribution in [0.3, 0.4) is 0 Å². The van der Waals surface area contributed by atoms with Crippen molar-refractivity contribution in [1.82, 2.24) is 0 Å². The van der Waals surface area contributed by atoms with Crippen molar-refractivity contribution in [2.75, 3.05) is 23.3 Å². The molecule has 1 amide bonds. The maximum absolute atomic E-state index is 12.2. The lowest BCUT2D eigenvalue weighted by molar-refractivity contribution is -0.115. The smallest absolute Gasteiger partial charge is 0.228 e. The van der Waals surface area contributed by atoms with Crippen LogP contribution in [0.5, 0.6) is 0 Å². The zero-order chi connectivity index (χ0) is 16.2. The van der Waals surface area contributed by atoms with Gasteiger partial charge in [-0.1, -0.05) is 29.8 Å². The van der Waals surface area contributed by atoms with E-state index in [9.17, 15) is 4.79 Å². The number of benzene rings is 2. The van der Waals surface area contributed by atoms with Gasteiger partial charge in [-0.3, -0.25) is 4.79 Å². The van der Waals surface area contributed by atoms with Crippen molar-refractivity contribution in [2.45, 2.75) is 33.1 Å². The van der Waals surface area contributed by atoms with Gasteiger partial charge in [-0.2, -0.15) is 0 Å². The van der Waals surface area contributed by atoms with Gasteiger partial charge in [0.05, 0.1) is 6.42 Å². The predicted octanol–water partition coefficient (Wildman–Crippen LogP) is 4.08. The number of hydrogen-bond donors (Lipinski definition) is 1. The Balaban J connectivity index is 1.64. The quantitative estimate of drug-likeness (QED) is 0.923. The summed E-state index contributed by atoms with van der Waals surface area (Å²) in [6.07, 6.45) is 2.95. The highest BCUT2D eigenvalue weighted by Crippen LogP contribution is 2.25. The normalized spacial score (nSPS) is 14.1. The Morgan fingerprint density at radius 1 is 1.04 bits per heavy atom. The molecule has 1 saturated heterocycles. The number of carbonyl (C=O) groups excluding carboxylic acids is 1. The van der Waals surface area contributed by atoms with Crippen LogP contribution >= 0.6 is 0 Å². The fourth-order valence-electron chi connectivity index (χ4n) is 3.05. The molecular formula is C20H24N2O. The number of nitrogens with one attached hydrogen (secondary N) is 1. The van der Waals surface area contributed by atoms with Crippen molar-refractivity contribution in [2.24, 2.45) is 0 Å². The van der Waals surface area contributed by atoms with E-state index in [1.807, 2.05) is 30.3 Å². The average Bonchev–Trinajstić information content (AvgIpc) is 3.06. The van der Waals surface area contributed by atoms with E-state index in [0.717, 1.165) is 29.9 Å². The van der Waals surface area contributed by atoms with Gasteiger partial charge < -0.3 is 10.2 Å². The predicted molar refractivity (Wildman–Crippen MR) is 96.1 cm³/mol. The number of aryl methyl sites for hydroxylation is 2.